The molecule has 5 heteroatoms. The quantitative estimate of drug-likeness (QED) is 0.831. The van der Waals surface area contributed by atoms with Gasteiger partial charge in [0.2, 0.25) is 0 Å². The van der Waals surface area contributed by atoms with Crippen molar-refractivity contribution in [1.82, 2.24) is 10.2 Å². The third-order valence-electron chi connectivity index (χ3n) is 4.23. The summed E-state index contributed by atoms with van der Waals surface area (Å²) in [6, 6.07) is 0.343. The molecule has 0 radical (unpaired) electrons. The summed E-state index contributed by atoms with van der Waals surface area (Å²) in [6.07, 6.45) is -0.916. The van der Waals surface area contributed by atoms with E-state index in [1.807, 2.05) is 7.05 Å². The van der Waals surface area contributed by atoms with Crippen LogP contribution in [0.5, 0.6) is 0 Å². The fourth-order valence-corrected chi connectivity index (χ4v) is 3.20. The van der Waals surface area contributed by atoms with E-state index in [4.69, 9.17) is 0 Å². The zero-order chi connectivity index (χ0) is 14.7. The van der Waals surface area contributed by atoms with Crippen molar-refractivity contribution in [3.05, 3.63) is 0 Å². The summed E-state index contributed by atoms with van der Waals surface area (Å²) in [6.45, 7) is 6.42. The first-order chi connectivity index (χ1) is 8.67. The molecule has 0 aliphatic heterocycles. The van der Waals surface area contributed by atoms with Crippen LogP contribution in [0.2, 0.25) is 0 Å². The molecule has 1 fully saturated rings. The van der Waals surface area contributed by atoms with Crippen molar-refractivity contribution in [3.8, 4) is 0 Å². The van der Waals surface area contributed by atoms with E-state index in [-0.39, 0.29) is 5.41 Å². The molecule has 0 aromatic carbocycles. The number of hydrogen-bond donors (Lipinski definition) is 1. The fourth-order valence-electron chi connectivity index (χ4n) is 3.20. The molecule has 1 N–H and O–H groups in total. The third kappa shape index (κ3) is 5.69. The molecule has 0 aromatic rings. The monoisotopic (exact) mass is 280 g/mol. The van der Waals surface area contributed by atoms with Crippen LogP contribution >= 0.6 is 0 Å². The van der Waals surface area contributed by atoms with Crippen LogP contribution in [-0.2, 0) is 0 Å². The summed E-state index contributed by atoms with van der Waals surface area (Å²) in [5, 5.41) is 3.28. The normalized spacial score (nSPS) is 27.8. The van der Waals surface area contributed by atoms with Crippen molar-refractivity contribution in [2.75, 3.05) is 26.7 Å². The van der Waals surface area contributed by atoms with E-state index in [1.54, 1.807) is 6.92 Å². The molecule has 0 saturated heterocycles. The molecule has 0 aromatic heterocycles. The SMILES string of the molecule is CCN(CC1CC(C)(C)CCC1NC)CC(F)(F)F. The van der Waals surface area contributed by atoms with E-state index < -0.39 is 12.7 Å². The molecule has 2 unspecified atom stereocenters. The molecule has 114 valence electrons. The second-order valence-electron chi connectivity index (χ2n) is 6.51. The predicted molar refractivity (Wildman–Crippen MR) is 72.1 cm³/mol. The van der Waals surface area contributed by atoms with Crippen molar-refractivity contribution < 1.29 is 13.2 Å². The van der Waals surface area contributed by atoms with Gasteiger partial charge in [0.1, 0.15) is 0 Å². The maximum Gasteiger partial charge on any atom is 0.401 e. The van der Waals surface area contributed by atoms with E-state index in [0.29, 0.717) is 25.0 Å². The van der Waals surface area contributed by atoms with Gasteiger partial charge < -0.3 is 5.32 Å². The molecule has 1 aliphatic carbocycles. The zero-order valence-electron chi connectivity index (χ0n) is 12.5. The van der Waals surface area contributed by atoms with Gasteiger partial charge in [-0.1, -0.05) is 20.8 Å². The van der Waals surface area contributed by atoms with Gasteiger partial charge in [-0.05, 0) is 44.2 Å². The van der Waals surface area contributed by atoms with Gasteiger partial charge in [0, 0.05) is 12.6 Å². The van der Waals surface area contributed by atoms with Crippen LogP contribution in [-0.4, -0.2) is 43.8 Å². The maximum atomic E-state index is 12.5. The van der Waals surface area contributed by atoms with Gasteiger partial charge in [-0.2, -0.15) is 13.2 Å². The van der Waals surface area contributed by atoms with E-state index >= 15 is 0 Å². The van der Waals surface area contributed by atoms with Gasteiger partial charge in [0.15, 0.2) is 0 Å². The number of nitrogens with zero attached hydrogens (tertiary/aromatic N) is 1. The molecular formula is C14H27F3N2. The van der Waals surface area contributed by atoms with Gasteiger partial charge in [-0.3, -0.25) is 4.90 Å². The average molecular weight is 280 g/mol. The molecule has 0 bridgehead atoms. The van der Waals surface area contributed by atoms with E-state index in [1.165, 1.54) is 4.90 Å². The standard InChI is InChI=1S/C14H27F3N2/c1-5-19(10-14(15,16)17)9-11-8-13(2,3)7-6-12(11)18-4/h11-12,18H,5-10H2,1-4H3. The Morgan fingerprint density at radius 2 is 1.95 bits per heavy atom. The highest BCUT2D eigenvalue weighted by Crippen LogP contribution is 2.39. The highest BCUT2D eigenvalue weighted by molar-refractivity contribution is 4.89. The molecule has 19 heavy (non-hydrogen) atoms. The lowest BCUT2D eigenvalue weighted by molar-refractivity contribution is -0.147. The van der Waals surface area contributed by atoms with Gasteiger partial charge in [0.05, 0.1) is 6.54 Å². The van der Waals surface area contributed by atoms with Crippen molar-refractivity contribution >= 4 is 0 Å². The van der Waals surface area contributed by atoms with Crippen LogP contribution in [0.25, 0.3) is 0 Å². The predicted octanol–water partition coefficient (Wildman–Crippen LogP) is 3.28. The maximum absolute atomic E-state index is 12.5. The second-order valence-corrected chi connectivity index (χ2v) is 6.51. The Bertz CT molecular complexity index is 276. The summed E-state index contributed by atoms with van der Waals surface area (Å²) in [7, 11) is 1.91. The smallest absolute Gasteiger partial charge is 0.317 e. The Hall–Kier alpha value is -0.290. The van der Waals surface area contributed by atoms with Gasteiger partial charge in [0.25, 0.3) is 0 Å². The first kappa shape index (κ1) is 16.8. The van der Waals surface area contributed by atoms with Crippen molar-refractivity contribution in [2.24, 2.45) is 11.3 Å². The number of rotatable bonds is 5. The summed E-state index contributed by atoms with van der Waals surface area (Å²) in [5.41, 5.74) is 0.246. The molecule has 2 atom stereocenters. The largest absolute Gasteiger partial charge is 0.401 e. The fraction of sp³-hybridized carbons (Fsp3) is 1.00. The highest BCUT2D eigenvalue weighted by Gasteiger charge is 2.37. The summed E-state index contributed by atoms with van der Waals surface area (Å²) >= 11 is 0. The molecule has 1 rings (SSSR count). The number of nitrogens with one attached hydrogen (secondary N) is 1. The number of alkyl halides is 3. The summed E-state index contributed by atoms with van der Waals surface area (Å²) in [4.78, 5) is 1.52. The zero-order valence-corrected chi connectivity index (χ0v) is 12.5. The van der Waals surface area contributed by atoms with Crippen LogP contribution in [0.15, 0.2) is 0 Å². The van der Waals surface area contributed by atoms with E-state index in [9.17, 15) is 13.2 Å². The minimum Gasteiger partial charge on any atom is -0.317 e. The third-order valence-corrected chi connectivity index (χ3v) is 4.23. The lowest BCUT2D eigenvalue weighted by Gasteiger charge is -2.42. The average Bonchev–Trinajstić information content (AvgIpc) is 2.25. The molecule has 2 nitrogen and oxygen atoms in total. The van der Waals surface area contributed by atoms with Crippen LogP contribution in [0.4, 0.5) is 13.2 Å². The minimum atomic E-state index is -4.10. The van der Waals surface area contributed by atoms with Crippen LogP contribution in [0.1, 0.15) is 40.0 Å². The van der Waals surface area contributed by atoms with Gasteiger partial charge in [-0.15, -0.1) is 0 Å². The Balaban J connectivity index is 2.64. The molecular weight excluding hydrogens is 253 g/mol. The van der Waals surface area contributed by atoms with E-state index in [2.05, 4.69) is 19.2 Å². The molecule has 1 aliphatic rings. The topological polar surface area (TPSA) is 15.3 Å². The lowest BCUT2D eigenvalue weighted by Crippen LogP contribution is -2.48. The van der Waals surface area contributed by atoms with Crippen molar-refractivity contribution in [2.45, 2.75) is 52.3 Å². The Labute approximate surface area is 114 Å². The first-order valence-corrected chi connectivity index (χ1v) is 7.13. The van der Waals surface area contributed by atoms with E-state index in [0.717, 1.165) is 19.3 Å². The first-order valence-electron chi connectivity index (χ1n) is 7.13. The second kappa shape index (κ2) is 6.44. The van der Waals surface area contributed by atoms with Crippen LogP contribution < -0.4 is 5.32 Å². The molecule has 0 amide bonds. The Kier molecular flexibility index (Phi) is 5.68. The molecule has 1 saturated carbocycles. The Morgan fingerprint density at radius 1 is 1.32 bits per heavy atom. The lowest BCUT2D eigenvalue weighted by atomic mass is 9.69. The highest BCUT2D eigenvalue weighted by atomic mass is 19.4. The number of halogens is 3. The van der Waals surface area contributed by atoms with Crippen LogP contribution in [0, 0.1) is 11.3 Å². The van der Waals surface area contributed by atoms with Gasteiger partial charge >= 0.3 is 6.18 Å². The minimum absolute atomic E-state index is 0.246. The molecule has 0 spiro atoms. The molecule has 0 heterocycles. The summed E-state index contributed by atoms with van der Waals surface area (Å²) < 4.78 is 37.6. The van der Waals surface area contributed by atoms with Crippen molar-refractivity contribution in [1.29, 1.82) is 0 Å². The van der Waals surface area contributed by atoms with Gasteiger partial charge in [-0.25, -0.2) is 0 Å². The van der Waals surface area contributed by atoms with Crippen molar-refractivity contribution in [3.63, 3.8) is 0 Å². The van der Waals surface area contributed by atoms with Crippen LogP contribution in [0.3, 0.4) is 0 Å². The number of hydrogen-bond acceptors (Lipinski definition) is 2. The summed E-state index contributed by atoms with van der Waals surface area (Å²) in [5.74, 6) is 0.302. The Morgan fingerprint density at radius 3 is 2.42 bits per heavy atom.